The molecule has 0 bridgehead atoms. The van der Waals surface area contributed by atoms with E-state index in [-0.39, 0.29) is 24.2 Å². The van der Waals surface area contributed by atoms with E-state index in [0.717, 1.165) is 11.3 Å². The molecule has 0 radical (unpaired) electrons. The van der Waals surface area contributed by atoms with Crippen molar-refractivity contribution in [2.24, 2.45) is 0 Å². The number of aryl methyl sites for hydroxylation is 1. The van der Waals surface area contributed by atoms with E-state index in [1.54, 1.807) is 19.0 Å². The van der Waals surface area contributed by atoms with Crippen LogP contribution in [0.25, 0.3) is 0 Å². The van der Waals surface area contributed by atoms with Crippen LogP contribution in [0.1, 0.15) is 12.0 Å². The number of rotatable bonds is 7. The van der Waals surface area contributed by atoms with Crippen molar-refractivity contribution in [2.75, 3.05) is 31.3 Å². The Hall–Kier alpha value is -2.89. The van der Waals surface area contributed by atoms with Gasteiger partial charge < -0.3 is 15.5 Å². The molecule has 2 rings (SSSR count). The summed E-state index contributed by atoms with van der Waals surface area (Å²) in [6.45, 7) is 0.0947. The highest BCUT2D eigenvalue weighted by atomic mass is 19.1. The van der Waals surface area contributed by atoms with Crippen LogP contribution < -0.4 is 10.6 Å². The number of hydrogen-bond donors (Lipinski definition) is 2. The van der Waals surface area contributed by atoms with Crippen LogP contribution in [-0.4, -0.2) is 37.4 Å². The van der Waals surface area contributed by atoms with Crippen molar-refractivity contribution in [2.45, 2.75) is 12.8 Å². The smallest absolute Gasteiger partial charge is 0.243 e. The van der Waals surface area contributed by atoms with E-state index in [0.29, 0.717) is 18.5 Å². The zero-order valence-corrected chi connectivity index (χ0v) is 14.4. The Bertz CT molecular complexity index is 730. The number of anilines is 2. The maximum absolute atomic E-state index is 12.8. The maximum Gasteiger partial charge on any atom is 0.243 e. The summed E-state index contributed by atoms with van der Waals surface area (Å²) in [6.07, 6.45) is 1.09. The van der Waals surface area contributed by atoms with Crippen molar-refractivity contribution in [3.8, 4) is 0 Å². The van der Waals surface area contributed by atoms with Gasteiger partial charge in [0.25, 0.3) is 0 Å². The van der Waals surface area contributed by atoms with Gasteiger partial charge in [0.15, 0.2) is 0 Å². The number of benzene rings is 2. The highest BCUT2D eigenvalue weighted by Crippen LogP contribution is 2.13. The minimum atomic E-state index is -0.347. The predicted molar refractivity (Wildman–Crippen MR) is 97.0 cm³/mol. The second kappa shape index (κ2) is 8.82. The molecule has 0 saturated carbocycles. The molecule has 0 aliphatic carbocycles. The van der Waals surface area contributed by atoms with Gasteiger partial charge in [-0.3, -0.25) is 9.59 Å². The number of amides is 2. The molecule has 0 atom stereocenters. The first-order chi connectivity index (χ1) is 11.9. The van der Waals surface area contributed by atoms with Gasteiger partial charge in [-0.05, 0) is 48.4 Å². The Kier molecular flexibility index (Phi) is 6.51. The predicted octanol–water partition coefficient (Wildman–Crippen LogP) is 2.90. The fourth-order valence-electron chi connectivity index (χ4n) is 2.23. The lowest BCUT2D eigenvalue weighted by molar-refractivity contribution is -0.128. The maximum atomic E-state index is 12.8. The summed E-state index contributed by atoms with van der Waals surface area (Å²) in [5.41, 5.74) is 2.38. The monoisotopic (exact) mass is 343 g/mol. The average Bonchev–Trinajstić information content (AvgIpc) is 2.60. The summed E-state index contributed by atoms with van der Waals surface area (Å²) in [7, 11) is 3.47. The zero-order valence-electron chi connectivity index (χ0n) is 14.4. The number of hydrogen-bond acceptors (Lipinski definition) is 3. The minimum Gasteiger partial charge on any atom is -0.376 e. The van der Waals surface area contributed by atoms with Crippen LogP contribution in [0.4, 0.5) is 15.8 Å². The lowest BCUT2D eigenvalue weighted by Crippen LogP contribution is -2.22. The fraction of sp³-hybridized carbons (Fsp3) is 0.263. The minimum absolute atomic E-state index is 0.0806. The number of carbonyl (C=O) groups is 2. The van der Waals surface area contributed by atoms with Crippen LogP contribution in [0.15, 0.2) is 48.5 Å². The highest BCUT2D eigenvalue weighted by Gasteiger charge is 2.06. The summed E-state index contributed by atoms with van der Waals surface area (Å²) in [5.74, 6) is -0.488. The third kappa shape index (κ3) is 6.25. The van der Waals surface area contributed by atoms with Gasteiger partial charge in [-0.2, -0.15) is 0 Å². The number of nitrogens with one attached hydrogen (secondary N) is 2. The number of nitrogens with zero attached hydrogens (tertiary/aromatic N) is 1. The standard InChI is InChI=1S/C19H22FN3O2/c1-23(2)19(25)11-6-14-4-3-5-17(12-14)21-13-18(24)22-16-9-7-15(20)8-10-16/h3-5,7-10,12,21H,6,11,13H2,1-2H3,(H,22,24). The zero-order chi connectivity index (χ0) is 18.2. The van der Waals surface area contributed by atoms with Crippen LogP contribution in [0.3, 0.4) is 0 Å². The molecule has 0 saturated heterocycles. The first kappa shape index (κ1) is 18.4. The quantitative estimate of drug-likeness (QED) is 0.813. The van der Waals surface area contributed by atoms with Crippen molar-refractivity contribution in [3.05, 3.63) is 59.9 Å². The van der Waals surface area contributed by atoms with Crippen LogP contribution in [-0.2, 0) is 16.0 Å². The fourth-order valence-corrected chi connectivity index (χ4v) is 2.23. The molecule has 2 N–H and O–H groups in total. The molecule has 5 nitrogen and oxygen atoms in total. The van der Waals surface area contributed by atoms with E-state index < -0.39 is 0 Å². The molecule has 2 amide bonds. The Labute approximate surface area is 146 Å². The molecule has 0 spiro atoms. The van der Waals surface area contributed by atoms with Gasteiger partial charge in [0.05, 0.1) is 6.54 Å². The van der Waals surface area contributed by atoms with Gasteiger partial charge in [-0.1, -0.05) is 12.1 Å². The largest absolute Gasteiger partial charge is 0.376 e. The lowest BCUT2D eigenvalue weighted by Gasteiger charge is -2.11. The normalized spacial score (nSPS) is 10.2. The van der Waals surface area contributed by atoms with E-state index in [1.165, 1.54) is 24.3 Å². The summed E-state index contributed by atoms with van der Waals surface area (Å²) < 4.78 is 12.8. The number of halogens is 1. The van der Waals surface area contributed by atoms with Crippen molar-refractivity contribution in [3.63, 3.8) is 0 Å². The summed E-state index contributed by atoms with van der Waals surface area (Å²) in [5, 5.41) is 5.73. The van der Waals surface area contributed by atoms with Gasteiger partial charge in [0.2, 0.25) is 11.8 Å². The SMILES string of the molecule is CN(C)C(=O)CCc1cccc(NCC(=O)Nc2ccc(F)cc2)c1. The van der Waals surface area contributed by atoms with E-state index in [1.807, 2.05) is 24.3 Å². The van der Waals surface area contributed by atoms with E-state index in [9.17, 15) is 14.0 Å². The molecule has 6 heteroatoms. The first-order valence-corrected chi connectivity index (χ1v) is 8.02. The Morgan fingerprint density at radius 3 is 2.44 bits per heavy atom. The molecule has 2 aromatic carbocycles. The van der Waals surface area contributed by atoms with Crippen molar-refractivity contribution in [1.82, 2.24) is 4.90 Å². The van der Waals surface area contributed by atoms with Gasteiger partial charge in [0, 0.05) is 31.9 Å². The van der Waals surface area contributed by atoms with Gasteiger partial charge >= 0.3 is 0 Å². The number of carbonyl (C=O) groups excluding carboxylic acids is 2. The topological polar surface area (TPSA) is 61.4 Å². The summed E-state index contributed by atoms with van der Waals surface area (Å²) in [6, 6.07) is 13.2. The highest BCUT2D eigenvalue weighted by molar-refractivity contribution is 5.93. The second-order valence-corrected chi connectivity index (χ2v) is 5.90. The van der Waals surface area contributed by atoms with Gasteiger partial charge in [-0.15, -0.1) is 0 Å². The van der Waals surface area contributed by atoms with Gasteiger partial charge in [0.1, 0.15) is 5.82 Å². The van der Waals surface area contributed by atoms with E-state index in [4.69, 9.17) is 0 Å². The van der Waals surface area contributed by atoms with Crippen molar-refractivity contribution < 1.29 is 14.0 Å². The molecule has 0 aliphatic rings. The van der Waals surface area contributed by atoms with Crippen LogP contribution in [0.2, 0.25) is 0 Å². The molecule has 0 aliphatic heterocycles. The molecule has 0 fully saturated rings. The van der Waals surface area contributed by atoms with Crippen LogP contribution in [0, 0.1) is 5.82 Å². The molecule has 0 heterocycles. The third-order valence-electron chi connectivity index (χ3n) is 3.63. The summed E-state index contributed by atoms with van der Waals surface area (Å²) in [4.78, 5) is 25.1. The molecular formula is C19H22FN3O2. The average molecular weight is 343 g/mol. The molecule has 2 aromatic rings. The third-order valence-corrected chi connectivity index (χ3v) is 3.63. The van der Waals surface area contributed by atoms with E-state index in [2.05, 4.69) is 10.6 Å². The lowest BCUT2D eigenvalue weighted by atomic mass is 10.1. The molecule has 25 heavy (non-hydrogen) atoms. The van der Waals surface area contributed by atoms with E-state index >= 15 is 0 Å². The molecule has 132 valence electrons. The van der Waals surface area contributed by atoms with Gasteiger partial charge in [-0.25, -0.2) is 4.39 Å². The van der Waals surface area contributed by atoms with Crippen molar-refractivity contribution in [1.29, 1.82) is 0 Å². The molecule has 0 aromatic heterocycles. The second-order valence-electron chi connectivity index (χ2n) is 5.90. The Balaban J connectivity index is 1.83. The van der Waals surface area contributed by atoms with Crippen molar-refractivity contribution >= 4 is 23.2 Å². The summed E-state index contributed by atoms with van der Waals surface area (Å²) >= 11 is 0. The van der Waals surface area contributed by atoms with Crippen LogP contribution >= 0.6 is 0 Å². The Morgan fingerprint density at radius 1 is 1.04 bits per heavy atom. The van der Waals surface area contributed by atoms with Crippen LogP contribution in [0.5, 0.6) is 0 Å². The first-order valence-electron chi connectivity index (χ1n) is 8.02. The molecular weight excluding hydrogens is 321 g/mol. The molecule has 0 unspecified atom stereocenters. The Morgan fingerprint density at radius 2 is 1.76 bits per heavy atom.